The van der Waals surface area contributed by atoms with Crippen LogP contribution in [0.5, 0.6) is 11.5 Å². The Hall–Kier alpha value is -2.82. The Morgan fingerprint density at radius 1 is 0.786 bits per heavy atom. The van der Waals surface area contributed by atoms with E-state index in [2.05, 4.69) is 16.9 Å². The van der Waals surface area contributed by atoms with E-state index in [1.165, 1.54) is 19.3 Å². The Morgan fingerprint density at radius 2 is 1.46 bits per heavy atom. The third-order valence-electron chi connectivity index (χ3n) is 4.59. The molecule has 0 spiro atoms. The first kappa shape index (κ1) is 19.9. The summed E-state index contributed by atoms with van der Waals surface area (Å²) in [6, 6.07) is 15.7. The van der Waals surface area contributed by atoms with Gasteiger partial charge in [0.25, 0.3) is 0 Å². The molecular formula is C23H29N3O2. The number of fused-ring (bicyclic) bond motifs is 1. The number of aromatic nitrogens is 2. The van der Waals surface area contributed by atoms with Crippen LogP contribution in [0.4, 0.5) is 5.82 Å². The zero-order valence-electron chi connectivity index (χ0n) is 16.6. The largest absolute Gasteiger partial charge is 0.490 e. The molecule has 148 valence electrons. The van der Waals surface area contributed by atoms with Crippen LogP contribution in [0, 0.1) is 0 Å². The first-order chi connectivity index (χ1) is 13.8. The molecule has 5 nitrogen and oxygen atoms in total. The van der Waals surface area contributed by atoms with E-state index >= 15 is 0 Å². The van der Waals surface area contributed by atoms with Gasteiger partial charge < -0.3 is 15.2 Å². The summed E-state index contributed by atoms with van der Waals surface area (Å²) in [5.41, 5.74) is 6.93. The zero-order valence-corrected chi connectivity index (χ0v) is 16.6. The molecule has 0 bridgehead atoms. The van der Waals surface area contributed by atoms with E-state index < -0.39 is 0 Å². The summed E-state index contributed by atoms with van der Waals surface area (Å²) < 4.78 is 11.8. The normalized spacial score (nSPS) is 10.9. The van der Waals surface area contributed by atoms with Crippen LogP contribution in [-0.4, -0.2) is 23.2 Å². The first-order valence-corrected chi connectivity index (χ1v) is 10.1. The van der Waals surface area contributed by atoms with Crippen molar-refractivity contribution in [2.24, 2.45) is 0 Å². The van der Waals surface area contributed by atoms with Crippen LogP contribution in [0.1, 0.15) is 44.9 Å². The molecule has 2 aromatic carbocycles. The first-order valence-electron chi connectivity index (χ1n) is 10.1. The number of nitrogen functional groups attached to an aromatic ring is 1. The average molecular weight is 380 g/mol. The number of nitrogens with zero attached hydrogens (tertiary/aromatic N) is 2. The Morgan fingerprint density at radius 3 is 2.21 bits per heavy atom. The van der Waals surface area contributed by atoms with Gasteiger partial charge in [-0.1, -0.05) is 50.5 Å². The zero-order chi connectivity index (χ0) is 19.6. The summed E-state index contributed by atoms with van der Waals surface area (Å²) in [6.07, 6.45) is 6.28. The molecule has 0 saturated carbocycles. The molecule has 5 heteroatoms. The van der Waals surface area contributed by atoms with Crippen molar-refractivity contribution in [3.63, 3.8) is 0 Å². The van der Waals surface area contributed by atoms with E-state index in [1.54, 1.807) is 0 Å². The van der Waals surface area contributed by atoms with E-state index in [0.29, 0.717) is 12.4 Å². The predicted octanol–water partition coefficient (Wildman–Crippen LogP) is 5.18. The second kappa shape index (κ2) is 10.5. The van der Waals surface area contributed by atoms with Gasteiger partial charge in [0, 0.05) is 11.8 Å². The Kier molecular flexibility index (Phi) is 7.47. The lowest BCUT2D eigenvalue weighted by Crippen LogP contribution is -2.06. The van der Waals surface area contributed by atoms with Crippen molar-refractivity contribution in [3.8, 4) is 11.5 Å². The highest BCUT2D eigenvalue weighted by molar-refractivity contribution is 5.87. The van der Waals surface area contributed by atoms with Gasteiger partial charge in [0.1, 0.15) is 11.6 Å². The van der Waals surface area contributed by atoms with Crippen molar-refractivity contribution >= 4 is 16.7 Å². The van der Waals surface area contributed by atoms with Gasteiger partial charge >= 0.3 is 0 Å². The van der Waals surface area contributed by atoms with Gasteiger partial charge in [-0.2, -0.15) is 0 Å². The molecular weight excluding hydrogens is 350 g/mol. The quantitative estimate of drug-likeness (QED) is 0.465. The highest BCUT2D eigenvalue weighted by Gasteiger charge is 2.07. The number of hydrogen-bond donors (Lipinski definition) is 1. The van der Waals surface area contributed by atoms with Crippen LogP contribution < -0.4 is 15.2 Å². The maximum absolute atomic E-state index is 6.05. The summed E-state index contributed by atoms with van der Waals surface area (Å²) >= 11 is 0. The van der Waals surface area contributed by atoms with Gasteiger partial charge in [0.05, 0.1) is 18.7 Å². The van der Waals surface area contributed by atoms with E-state index in [9.17, 15) is 0 Å². The molecule has 0 unspecified atom stereocenters. The van der Waals surface area contributed by atoms with Crippen LogP contribution in [0.3, 0.4) is 0 Å². The molecule has 0 aliphatic rings. The van der Waals surface area contributed by atoms with E-state index in [4.69, 9.17) is 15.2 Å². The number of hydrogen-bond acceptors (Lipinski definition) is 5. The lowest BCUT2D eigenvalue weighted by molar-refractivity contribution is 0.260. The van der Waals surface area contributed by atoms with Crippen LogP contribution in [0.2, 0.25) is 0 Å². The second-order valence-electron chi connectivity index (χ2n) is 6.85. The maximum Gasteiger partial charge on any atom is 0.161 e. The van der Waals surface area contributed by atoms with Crippen LogP contribution >= 0.6 is 0 Å². The highest BCUT2D eigenvalue weighted by atomic mass is 16.5. The molecule has 2 N–H and O–H groups in total. The molecule has 28 heavy (non-hydrogen) atoms. The van der Waals surface area contributed by atoms with Crippen molar-refractivity contribution < 1.29 is 9.47 Å². The molecule has 0 amide bonds. The topological polar surface area (TPSA) is 70.3 Å². The molecule has 1 heterocycles. The van der Waals surface area contributed by atoms with Crippen molar-refractivity contribution in [3.05, 3.63) is 54.4 Å². The van der Waals surface area contributed by atoms with Crippen LogP contribution in [0.25, 0.3) is 10.9 Å². The molecule has 3 aromatic rings. The molecule has 0 fully saturated rings. The molecule has 1 aromatic heterocycles. The Balaban J connectivity index is 1.49. The number of para-hydroxylation sites is 3. The molecule has 0 atom stereocenters. The number of nitrogens with two attached hydrogens (primary N) is 1. The highest BCUT2D eigenvalue weighted by Crippen LogP contribution is 2.27. The Bertz CT molecular complexity index is 883. The maximum atomic E-state index is 6.05. The SMILES string of the molecule is CCCCCCOc1ccccc1OCCCc1nc(N)c2ccccc2n1. The van der Waals surface area contributed by atoms with Crippen molar-refractivity contribution in [1.82, 2.24) is 9.97 Å². The lowest BCUT2D eigenvalue weighted by Gasteiger charge is -2.12. The number of anilines is 1. The summed E-state index contributed by atoms with van der Waals surface area (Å²) in [7, 11) is 0. The van der Waals surface area contributed by atoms with E-state index in [-0.39, 0.29) is 0 Å². The third kappa shape index (κ3) is 5.59. The van der Waals surface area contributed by atoms with Crippen LogP contribution in [-0.2, 0) is 6.42 Å². The minimum atomic E-state index is 0.531. The second-order valence-corrected chi connectivity index (χ2v) is 6.85. The van der Waals surface area contributed by atoms with Crippen LogP contribution in [0.15, 0.2) is 48.5 Å². The molecule has 0 radical (unpaired) electrons. The minimum absolute atomic E-state index is 0.531. The third-order valence-corrected chi connectivity index (χ3v) is 4.59. The fraction of sp³-hybridized carbons (Fsp3) is 0.391. The van der Waals surface area contributed by atoms with Gasteiger partial charge in [-0.05, 0) is 37.1 Å². The minimum Gasteiger partial charge on any atom is -0.490 e. The predicted molar refractivity (Wildman–Crippen MR) is 114 cm³/mol. The summed E-state index contributed by atoms with van der Waals surface area (Å²) in [6.45, 7) is 3.51. The summed E-state index contributed by atoms with van der Waals surface area (Å²) in [5.74, 6) is 2.88. The van der Waals surface area contributed by atoms with Crippen molar-refractivity contribution in [2.75, 3.05) is 18.9 Å². The van der Waals surface area contributed by atoms with Gasteiger partial charge in [-0.25, -0.2) is 9.97 Å². The number of benzene rings is 2. The number of rotatable bonds is 11. The molecule has 0 saturated heterocycles. The molecule has 0 aliphatic heterocycles. The number of unbranched alkanes of at least 4 members (excludes halogenated alkanes) is 3. The Labute approximate surface area is 166 Å². The van der Waals surface area contributed by atoms with Crippen molar-refractivity contribution in [1.29, 1.82) is 0 Å². The fourth-order valence-corrected chi connectivity index (χ4v) is 3.07. The number of ether oxygens (including phenoxy) is 2. The van der Waals surface area contributed by atoms with Gasteiger partial charge in [-0.15, -0.1) is 0 Å². The van der Waals surface area contributed by atoms with Gasteiger partial charge in [0.2, 0.25) is 0 Å². The standard InChI is InChI=1S/C23H29N3O2/c1-2-3-4-9-16-27-20-13-7-8-14-21(20)28-17-10-15-22-25-19-12-6-5-11-18(19)23(24)26-22/h5-8,11-14H,2-4,9-10,15-17H2,1H3,(H2,24,25,26). The smallest absolute Gasteiger partial charge is 0.161 e. The fourth-order valence-electron chi connectivity index (χ4n) is 3.07. The molecule has 3 rings (SSSR count). The lowest BCUT2D eigenvalue weighted by atomic mass is 10.2. The summed E-state index contributed by atoms with van der Waals surface area (Å²) in [4.78, 5) is 9.01. The molecule has 0 aliphatic carbocycles. The van der Waals surface area contributed by atoms with Crippen molar-refractivity contribution in [2.45, 2.75) is 45.4 Å². The van der Waals surface area contributed by atoms with Gasteiger partial charge in [0.15, 0.2) is 11.5 Å². The van der Waals surface area contributed by atoms with E-state index in [1.807, 2.05) is 48.5 Å². The van der Waals surface area contributed by atoms with E-state index in [0.717, 1.165) is 54.1 Å². The average Bonchev–Trinajstić information content (AvgIpc) is 2.72. The number of aryl methyl sites for hydroxylation is 1. The monoisotopic (exact) mass is 379 g/mol. The van der Waals surface area contributed by atoms with Gasteiger partial charge in [-0.3, -0.25) is 0 Å². The summed E-state index contributed by atoms with van der Waals surface area (Å²) in [5, 5.41) is 0.896.